The van der Waals surface area contributed by atoms with Crippen molar-refractivity contribution in [2.24, 2.45) is 34.8 Å². The van der Waals surface area contributed by atoms with Gasteiger partial charge in [0, 0.05) is 44.2 Å². The van der Waals surface area contributed by atoms with Gasteiger partial charge in [0.25, 0.3) is 0 Å². The van der Waals surface area contributed by atoms with E-state index in [1.807, 2.05) is 69.4 Å². The van der Waals surface area contributed by atoms with Crippen LogP contribution < -0.4 is 11.1 Å². The summed E-state index contributed by atoms with van der Waals surface area (Å²) in [5.74, 6) is -0.315. The molecular formula is C35H48N2O6. The van der Waals surface area contributed by atoms with Crippen molar-refractivity contribution in [3.63, 3.8) is 0 Å². The van der Waals surface area contributed by atoms with Gasteiger partial charge in [0.15, 0.2) is 0 Å². The predicted octanol–water partition coefficient (Wildman–Crippen LogP) is 5.89. The highest BCUT2D eigenvalue weighted by Crippen LogP contribution is 2.53. The first-order valence-electron chi connectivity index (χ1n) is 15.1. The number of ether oxygens (including phenoxy) is 3. The molecule has 1 aliphatic heterocycles. The first-order chi connectivity index (χ1) is 20.4. The molecule has 0 unspecified atom stereocenters. The number of nitrogens with two attached hydrogens (primary N) is 1. The summed E-state index contributed by atoms with van der Waals surface area (Å²) in [4.78, 5) is 36.0. The Hall–Kier alpha value is -3.65. The van der Waals surface area contributed by atoms with E-state index in [1.165, 1.54) is 6.92 Å². The van der Waals surface area contributed by atoms with Crippen LogP contribution in [-0.4, -0.2) is 49.4 Å². The van der Waals surface area contributed by atoms with Gasteiger partial charge < -0.3 is 25.3 Å². The first-order valence-corrected chi connectivity index (χ1v) is 15.1. The van der Waals surface area contributed by atoms with Crippen LogP contribution in [0.3, 0.4) is 0 Å². The van der Waals surface area contributed by atoms with E-state index in [-0.39, 0.29) is 65.6 Å². The number of hydrogen-bond donors (Lipinski definition) is 2. The molecule has 2 aliphatic carbocycles. The third-order valence-electron chi connectivity index (χ3n) is 8.75. The Kier molecular flexibility index (Phi) is 12.4. The fourth-order valence-corrected chi connectivity index (χ4v) is 6.63. The van der Waals surface area contributed by atoms with Gasteiger partial charge in [0.05, 0.1) is 12.5 Å². The van der Waals surface area contributed by atoms with E-state index in [0.717, 1.165) is 12.0 Å². The van der Waals surface area contributed by atoms with Crippen LogP contribution in [0.15, 0.2) is 84.6 Å². The number of cyclic esters (lactones) is 1. The van der Waals surface area contributed by atoms with Gasteiger partial charge in [-0.05, 0) is 37.2 Å². The van der Waals surface area contributed by atoms with Crippen molar-refractivity contribution in [2.75, 3.05) is 7.11 Å². The third-order valence-corrected chi connectivity index (χ3v) is 8.75. The van der Waals surface area contributed by atoms with Crippen LogP contribution in [0.2, 0.25) is 0 Å². The molecule has 1 fully saturated rings. The Morgan fingerprint density at radius 3 is 2.49 bits per heavy atom. The average Bonchev–Trinajstić information content (AvgIpc) is 2.93. The van der Waals surface area contributed by atoms with Crippen LogP contribution in [0.1, 0.15) is 53.9 Å². The van der Waals surface area contributed by atoms with E-state index in [0.29, 0.717) is 6.42 Å². The molecule has 8 heteroatoms. The van der Waals surface area contributed by atoms with E-state index in [2.05, 4.69) is 36.5 Å². The smallest absolute Gasteiger partial charge is 0.404 e. The number of nitrogens with one attached hydrogen (secondary N) is 1. The first kappa shape index (κ1) is 33.8. The number of hydrogen-bond acceptors (Lipinski definition) is 6. The van der Waals surface area contributed by atoms with Crippen molar-refractivity contribution in [1.82, 2.24) is 5.32 Å². The maximum Gasteiger partial charge on any atom is 0.404 e. The predicted molar refractivity (Wildman–Crippen MR) is 169 cm³/mol. The number of rotatable bonds is 5. The van der Waals surface area contributed by atoms with Gasteiger partial charge >= 0.3 is 12.1 Å². The standard InChI is InChI=1S/C35H48N2O6/c1-23-14-11-12-15-27-17-18-29-30(21-28(41-6)22-31(29)42-34(36)40)35(27,5)19-13-9-7-8-10-16-32(39)43-33(23)24(2)20-25(3)37-26(4)38/h7-15,17-20,23,25,27-31,33H,16,21-22H2,1-6H3,(H2,36,40)(H,37,38)/b9-7-,10-8+,14-11+,15-12+,19-13+,24-20+/t23-,25-,27+,28+,29-,30-,31+,33-,35+/m1/s1. The van der Waals surface area contributed by atoms with Crippen molar-refractivity contribution < 1.29 is 28.6 Å². The van der Waals surface area contributed by atoms with Crippen LogP contribution in [0, 0.1) is 29.1 Å². The number of methoxy groups -OCH3 is 1. The second-order valence-electron chi connectivity index (χ2n) is 12.1. The molecule has 0 spiro atoms. The van der Waals surface area contributed by atoms with E-state index in [9.17, 15) is 14.4 Å². The third kappa shape index (κ3) is 9.42. The number of carbonyl (C=O) groups excluding carboxylic acids is 3. The maximum absolute atomic E-state index is 12.7. The van der Waals surface area contributed by atoms with E-state index in [4.69, 9.17) is 19.9 Å². The van der Waals surface area contributed by atoms with Gasteiger partial charge in [-0.1, -0.05) is 92.8 Å². The second kappa shape index (κ2) is 15.7. The van der Waals surface area contributed by atoms with Crippen molar-refractivity contribution in [3.8, 4) is 0 Å². The zero-order valence-corrected chi connectivity index (χ0v) is 26.3. The van der Waals surface area contributed by atoms with Crippen LogP contribution in [-0.2, 0) is 23.8 Å². The maximum atomic E-state index is 12.7. The summed E-state index contributed by atoms with van der Waals surface area (Å²) in [5, 5.41) is 2.85. The largest absolute Gasteiger partial charge is 0.457 e. The quantitative estimate of drug-likeness (QED) is 0.304. The fraction of sp³-hybridized carbons (Fsp3) is 0.514. The van der Waals surface area contributed by atoms with E-state index in [1.54, 1.807) is 13.2 Å². The van der Waals surface area contributed by atoms with Crippen molar-refractivity contribution in [1.29, 1.82) is 0 Å². The molecule has 234 valence electrons. The molecule has 0 bridgehead atoms. The zero-order valence-electron chi connectivity index (χ0n) is 26.3. The molecule has 1 saturated carbocycles. The Morgan fingerprint density at radius 1 is 1.07 bits per heavy atom. The van der Waals surface area contributed by atoms with Gasteiger partial charge in [0.1, 0.15) is 12.2 Å². The number of amides is 2. The molecule has 1 heterocycles. The Balaban J connectivity index is 1.97. The lowest BCUT2D eigenvalue weighted by Crippen LogP contribution is -2.50. The van der Waals surface area contributed by atoms with Crippen LogP contribution in [0.5, 0.6) is 0 Å². The molecule has 8 nitrogen and oxygen atoms in total. The van der Waals surface area contributed by atoms with Crippen LogP contribution in [0.4, 0.5) is 4.79 Å². The summed E-state index contributed by atoms with van der Waals surface area (Å²) in [6, 6.07) is -0.195. The lowest BCUT2D eigenvalue weighted by Gasteiger charge is -2.51. The number of fused-ring (bicyclic) bond motifs is 3. The molecule has 43 heavy (non-hydrogen) atoms. The highest BCUT2D eigenvalue weighted by Gasteiger charge is 2.50. The minimum Gasteiger partial charge on any atom is -0.457 e. The number of esters is 1. The SMILES string of the molecule is CO[C@@H]1C[C@H](OC(N)=O)[C@@H]2C=C[C@@H]3/C=C/C=C/[C@@H](C)[C@H](/C(C)=C/[C@@H](C)NC(C)=O)OC(=O)C/C=C/C=C\C=C\[C@]3(C)[C@@H]2C1. The Bertz CT molecular complexity index is 1210. The summed E-state index contributed by atoms with van der Waals surface area (Å²) in [6.45, 7) is 9.55. The lowest BCUT2D eigenvalue weighted by atomic mass is 9.55. The molecular weight excluding hydrogens is 544 g/mol. The number of carbonyl (C=O) groups is 3. The van der Waals surface area contributed by atoms with Gasteiger partial charge in [-0.2, -0.15) is 0 Å². The highest BCUT2D eigenvalue weighted by molar-refractivity contribution is 5.73. The molecule has 3 rings (SSSR count). The molecule has 3 N–H and O–H groups in total. The monoisotopic (exact) mass is 592 g/mol. The van der Waals surface area contributed by atoms with E-state index < -0.39 is 12.2 Å². The fourth-order valence-electron chi connectivity index (χ4n) is 6.63. The summed E-state index contributed by atoms with van der Waals surface area (Å²) in [7, 11) is 1.70. The second-order valence-corrected chi connectivity index (χ2v) is 12.1. The van der Waals surface area contributed by atoms with Gasteiger partial charge in [-0.15, -0.1) is 0 Å². The van der Waals surface area contributed by atoms with Crippen LogP contribution >= 0.6 is 0 Å². The number of primary amides is 1. The lowest BCUT2D eigenvalue weighted by molar-refractivity contribution is -0.147. The molecule has 3 aliphatic rings. The normalized spacial score (nSPS) is 37.7. The van der Waals surface area contributed by atoms with Gasteiger partial charge in [-0.25, -0.2) is 4.79 Å². The van der Waals surface area contributed by atoms with E-state index >= 15 is 0 Å². The molecule has 0 aromatic heterocycles. The van der Waals surface area contributed by atoms with Crippen LogP contribution in [0.25, 0.3) is 0 Å². The Labute approximate surface area is 256 Å². The Morgan fingerprint density at radius 2 is 1.79 bits per heavy atom. The van der Waals surface area contributed by atoms with Crippen molar-refractivity contribution in [3.05, 3.63) is 84.6 Å². The molecule has 0 aromatic rings. The summed E-state index contributed by atoms with van der Waals surface area (Å²) >= 11 is 0. The van der Waals surface area contributed by atoms with Crippen molar-refractivity contribution in [2.45, 2.75) is 78.2 Å². The summed E-state index contributed by atoms with van der Waals surface area (Å²) in [5.41, 5.74) is 6.01. The molecule has 9 atom stereocenters. The zero-order chi connectivity index (χ0) is 31.6. The van der Waals surface area contributed by atoms with Crippen molar-refractivity contribution >= 4 is 18.0 Å². The van der Waals surface area contributed by atoms with Gasteiger partial charge in [-0.3, -0.25) is 9.59 Å². The van der Waals surface area contributed by atoms with Gasteiger partial charge in [0.2, 0.25) is 5.91 Å². The summed E-state index contributed by atoms with van der Waals surface area (Å²) in [6.07, 6.45) is 26.2. The highest BCUT2D eigenvalue weighted by atomic mass is 16.6. The topological polar surface area (TPSA) is 117 Å². The number of allylic oxidation sites excluding steroid dienone is 9. The molecule has 2 amide bonds. The average molecular weight is 593 g/mol. The molecule has 0 radical (unpaired) electrons. The minimum absolute atomic E-state index is 0.0188. The molecule has 0 saturated heterocycles. The molecule has 0 aromatic carbocycles. The minimum atomic E-state index is -0.769. The summed E-state index contributed by atoms with van der Waals surface area (Å²) < 4.78 is 17.3.